The van der Waals surface area contributed by atoms with Crippen molar-refractivity contribution >= 4 is 27.0 Å². The summed E-state index contributed by atoms with van der Waals surface area (Å²) in [6.45, 7) is 0. The maximum Gasteiger partial charge on any atom is -0.0351 e. The Morgan fingerprint density at radius 2 is 0.643 bits per heavy atom. The highest BCUT2D eigenvalue weighted by atomic mass is 32.1. The molecule has 0 aromatic carbocycles. The second kappa shape index (κ2) is 13.2. The van der Waals surface area contributed by atoms with Gasteiger partial charge in [-0.2, -0.15) is 27.0 Å². The quantitative estimate of drug-likeness (QED) is 0.541. The Morgan fingerprint density at radius 1 is 0.429 bits per heavy atom. The molecule has 84 valence electrons. The summed E-state index contributed by atoms with van der Waals surface area (Å²) in [6, 6.07) is 0. The summed E-state index contributed by atoms with van der Waals surface area (Å²) in [7, 11) is 0. The van der Waals surface area contributed by atoms with Gasteiger partial charge in [-0.1, -0.05) is 24.3 Å². The van der Waals surface area contributed by atoms with E-state index < -0.39 is 0 Å². The molecule has 0 aromatic heterocycles. The molecule has 2 rings (SSSR count). The van der Waals surface area contributed by atoms with E-state index >= 15 is 0 Å². The highest BCUT2D eigenvalue weighted by Gasteiger charge is 1.87. The van der Waals surface area contributed by atoms with Crippen LogP contribution in [0.25, 0.3) is 0 Å². The normalized spacial score (nSPS) is 18.3. The lowest BCUT2D eigenvalue weighted by atomic mass is 10.1. The van der Waals surface area contributed by atoms with Crippen molar-refractivity contribution in [1.29, 1.82) is 0 Å². The molecule has 0 atom stereocenters. The molecule has 2 aliphatic carbocycles. The lowest BCUT2D eigenvalue weighted by molar-refractivity contribution is 0.730. The van der Waals surface area contributed by atoms with E-state index in [1.165, 1.54) is 51.4 Å². The molecule has 0 N–H and O–H groups in total. The largest absolute Gasteiger partial charge is 0.197 e. The molecule has 0 aliphatic heterocycles. The number of rotatable bonds is 0. The van der Waals surface area contributed by atoms with Crippen LogP contribution in [0, 0.1) is 0 Å². The Bertz CT molecular complexity index is 116. The lowest BCUT2D eigenvalue weighted by Gasteiger charge is -1.97. The minimum absolute atomic E-state index is 0. The summed E-state index contributed by atoms with van der Waals surface area (Å²) < 4.78 is 0. The zero-order valence-electron chi connectivity index (χ0n) is 8.97. The van der Waals surface area contributed by atoms with Crippen LogP contribution in [0.1, 0.15) is 51.4 Å². The minimum atomic E-state index is 0. The maximum atomic E-state index is 2.27. The van der Waals surface area contributed by atoms with Crippen molar-refractivity contribution in [2.45, 2.75) is 51.4 Å². The van der Waals surface area contributed by atoms with Crippen molar-refractivity contribution in [2.24, 2.45) is 0 Å². The summed E-state index contributed by atoms with van der Waals surface area (Å²) in [4.78, 5) is 0. The molecule has 0 radical (unpaired) electrons. The van der Waals surface area contributed by atoms with E-state index in [-0.39, 0.29) is 27.0 Å². The molecule has 0 unspecified atom stereocenters. The van der Waals surface area contributed by atoms with Crippen LogP contribution in [-0.2, 0) is 0 Å². The second-order valence-electron chi connectivity index (χ2n) is 3.51. The first-order chi connectivity index (χ1) is 6.00. The molecule has 2 heteroatoms. The minimum Gasteiger partial charge on any atom is -0.197 e. The highest BCUT2D eigenvalue weighted by molar-refractivity contribution is 7.59. The van der Waals surface area contributed by atoms with Crippen molar-refractivity contribution < 1.29 is 0 Å². The molecule has 0 saturated heterocycles. The zero-order chi connectivity index (χ0) is 8.49. The van der Waals surface area contributed by atoms with Crippen molar-refractivity contribution in [3.05, 3.63) is 24.3 Å². The van der Waals surface area contributed by atoms with E-state index in [4.69, 9.17) is 0 Å². The van der Waals surface area contributed by atoms with Crippen molar-refractivity contribution in [3.8, 4) is 0 Å². The van der Waals surface area contributed by atoms with Crippen LogP contribution in [-0.4, -0.2) is 0 Å². The van der Waals surface area contributed by atoms with E-state index in [9.17, 15) is 0 Å². The maximum absolute atomic E-state index is 2.27. The molecule has 0 heterocycles. The van der Waals surface area contributed by atoms with Crippen molar-refractivity contribution in [3.63, 3.8) is 0 Å². The van der Waals surface area contributed by atoms with Gasteiger partial charge >= 0.3 is 0 Å². The first-order valence-corrected chi connectivity index (χ1v) is 5.30. The van der Waals surface area contributed by atoms with Gasteiger partial charge in [-0.25, -0.2) is 0 Å². The van der Waals surface area contributed by atoms with Gasteiger partial charge in [-0.05, 0) is 51.4 Å². The molecule has 0 fully saturated rings. The van der Waals surface area contributed by atoms with Crippen molar-refractivity contribution in [2.75, 3.05) is 0 Å². The monoisotopic (exact) mass is 232 g/mol. The first kappa shape index (κ1) is 16.6. The number of allylic oxidation sites excluding steroid dienone is 4. The van der Waals surface area contributed by atoms with E-state index in [0.717, 1.165) is 0 Å². The summed E-state index contributed by atoms with van der Waals surface area (Å²) in [6.07, 6.45) is 20.0. The Kier molecular flexibility index (Phi) is 15.6. The molecule has 2 aliphatic rings. The molecular formula is C12H24S2. The van der Waals surface area contributed by atoms with Crippen LogP contribution in [0.2, 0.25) is 0 Å². The van der Waals surface area contributed by atoms with Gasteiger partial charge in [0.2, 0.25) is 0 Å². The molecule has 14 heavy (non-hydrogen) atoms. The SMILES string of the molecule is C1=CCCCC1.C1=CCCCC1.S.S. The third kappa shape index (κ3) is 10.3. The Hall–Kier alpha value is 0.180. The summed E-state index contributed by atoms with van der Waals surface area (Å²) in [5.74, 6) is 0. The van der Waals surface area contributed by atoms with Crippen LogP contribution < -0.4 is 0 Å². The third-order valence-electron chi connectivity index (χ3n) is 2.32. The summed E-state index contributed by atoms with van der Waals surface area (Å²) in [5, 5.41) is 0. The molecule has 0 bridgehead atoms. The van der Waals surface area contributed by atoms with Crippen LogP contribution in [0.15, 0.2) is 24.3 Å². The molecule has 0 nitrogen and oxygen atoms in total. The Labute approximate surface area is 103 Å². The Balaban J connectivity index is 0. The predicted molar refractivity (Wildman–Crippen MR) is 76.0 cm³/mol. The first-order valence-electron chi connectivity index (χ1n) is 5.30. The third-order valence-corrected chi connectivity index (χ3v) is 2.32. The van der Waals surface area contributed by atoms with Gasteiger partial charge in [0.1, 0.15) is 0 Å². The molecule has 0 spiro atoms. The van der Waals surface area contributed by atoms with E-state index in [0.29, 0.717) is 0 Å². The van der Waals surface area contributed by atoms with Gasteiger partial charge < -0.3 is 0 Å². The van der Waals surface area contributed by atoms with Gasteiger partial charge in [0, 0.05) is 0 Å². The molecule has 0 aromatic rings. The highest BCUT2D eigenvalue weighted by Crippen LogP contribution is 2.07. The second-order valence-corrected chi connectivity index (χ2v) is 3.51. The van der Waals surface area contributed by atoms with Crippen molar-refractivity contribution in [1.82, 2.24) is 0 Å². The van der Waals surface area contributed by atoms with Gasteiger partial charge in [0.15, 0.2) is 0 Å². The summed E-state index contributed by atoms with van der Waals surface area (Å²) in [5.41, 5.74) is 0. The smallest absolute Gasteiger partial charge is 0.0351 e. The molecule has 0 saturated carbocycles. The fraction of sp³-hybridized carbons (Fsp3) is 0.667. The number of hydrogen-bond donors (Lipinski definition) is 0. The lowest BCUT2D eigenvalue weighted by Crippen LogP contribution is -1.77. The Morgan fingerprint density at radius 3 is 0.714 bits per heavy atom. The molecule has 0 amide bonds. The number of hydrogen-bond acceptors (Lipinski definition) is 0. The van der Waals surface area contributed by atoms with E-state index in [1.54, 1.807) is 0 Å². The van der Waals surface area contributed by atoms with E-state index in [1.807, 2.05) is 0 Å². The summed E-state index contributed by atoms with van der Waals surface area (Å²) >= 11 is 0. The van der Waals surface area contributed by atoms with E-state index in [2.05, 4.69) is 24.3 Å². The topological polar surface area (TPSA) is 0 Å². The standard InChI is InChI=1S/2C6H10.2H2S/c2*1-2-4-6-5-3-1;;/h2*1-2H,3-6H2;2*1H2. The van der Waals surface area contributed by atoms with Crippen LogP contribution in [0.4, 0.5) is 0 Å². The van der Waals surface area contributed by atoms with Gasteiger partial charge in [-0.3, -0.25) is 0 Å². The van der Waals surface area contributed by atoms with Gasteiger partial charge in [-0.15, -0.1) is 0 Å². The molecular weight excluding hydrogens is 208 g/mol. The van der Waals surface area contributed by atoms with Crippen LogP contribution in [0.5, 0.6) is 0 Å². The zero-order valence-corrected chi connectivity index (χ0v) is 11.0. The van der Waals surface area contributed by atoms with Gasteiger partial charge in [0.25, 0.3) is 0 Å². The van der Waals surface area contributed by atoms with Gasteiger partial charge in [0.05, 0.1) is 0 Å². The predicted octanol–water partition coefficient (Wildman–Crippen LogP) is 4.46. The average molecular weight is 232 g/mol. The fourth-order valence-corrected chi connectivity index (χ4v) is 1.52. The fourth-order valence-electron chi connectivity index (χ4n) is 1.52. The van der Waals surface area contributed by atoms with Crippen LogP contribution >= 0.6 is 27.0 Å². The van der Waals surface area contributed by atoms with Crippen LogP contribution in [0.3, 0.4) is 0 Å². The average Bonchev–Trinajstić information content (AvgIpc) is 2.24.